The van der Waals surface area contributed by atoms with Crippen molar-refractivity contribution >= 4 is 22.6 Å². The second-order valence-electron chi connectivity index (χ2n) is 7.50. The van der Waals surface area contributed by atoms with E-state index in [4.69, 9.17) is 0 Å². The van der Waals surface area contributed by atoms with Crippen LogP contribution in [0.2, 0.25) is 0 Å². The molecule has 1 amide bonds. The van der Waals surface area contributed by atoms with E-state index in [9.17, 15) is 4.79 Å². The number of pyridine rings is 1. The number of aryl methyl sites for hydroxylation is 2. The third-order valence-electron chi connectivity index (χ3n) is 5.26. The highest BCUT2D eigenvalue weighted by molar-refractivity contribution is 5.94. The van der Waals surface area contributed by atoms with Crippen LogP contribution in [-0.4, -0.2) is 28.5 Å². The fourth-order valence-corrected chi connectivity index (χ4v) is 3.57. The second-order valence-corrected chi connectivity index (χ2v) is 7.50. The molecule has 0 aliphatic heterocycles. The molecule has 2 N–H and O–H groups in total. The van der Waals surface area contributed by atoms with Gasteiger partial charge in [0.2, 0.25) is 0 Å². The Morgan fingerprint density at radius 2 is 2.11 bits per heavy atom. The number of aromatic nitrogens is 2. The number of fused-ring (bicyclic) bond motifs is 1. The second kappa shape index (κ2) is 7.43. The number of hydrogen-bond donors (Lipinski definition) is 2. The zero-order chi connectivity index (χ0) is 18.8. The van der Waals surface area contributed by atoms with Gasteiger partial charge in [0.1, 0.15) is 5.82 Å². The van der Waals surface area contributed by atoms with Crippen LogP contribution >= 0.6 is 0 Å². The number of anilines is 1. The van der Waals surface area contributed by atoms with Gasteiger partial charge in [-0.1, -0.05) is 18.2 Å². The number of rotatable bonds is 7. The molecule has 3 aromatic rings. The van der Waals surface area contributed by atoms with Crippen LogP contribution in [0.1, 0.15) is 34.3 Å². The monoisotopic (exact) mass is 362 g/mol. The van der Waals surface area contributed by atoms with Gasteiger partial charge in [0.25, 0.3) is 5.91 Å². The van der Waals surface area contributed by atoms with Crippen LogP contribution in [0.5, 0.6) is 0 Å². The predicted octanol–water partition coefficient (Wildman–Crippen LogP) is 3.68. The number of para-hydroxylation sites is 1. The molecule has 27 heavy (non-hydrogen) atoms. The maximum Gasteiger partial charge on any atom is 0.252 e. The maximum atomic E-state index is 12.4. The van der Waals surface area contributed by atoms with Crippen LogP contribution in [0, 0.1) is 12.8 Å². The number of carbonyl (C=O) groups excluding carboxylic acids is 1. The van der Waals surface area contributed by atoms with Crippen LogP contribution in [0.25, 0.3) is 10.9 Å². The SMILES string of the molecule is Cc1cccc2c(CCNC(=O)c3ccc(NCC4CC4)nc3)cn(C)c12. The molecule has 0 unspecified atom stereocenters. The summed E-state index contributed by atoms with van der Waals surface area (Å²) in [5, 5.41) is 7.59. The zero-order valence-electron chi connectivity index (χ0n) is 16.0. The first kappa shape index (κ1) is 17.6. The lowest BCUT2D eigenvalue weighted by Gasteiger charge is -2.07. The minimum atomic E-state index is -0.0762. The Hall–Kier alpha value is -2.82. The van der Waals surface area contributed by atoms with Crippen LogP contribution in [0.4, 0.5) is 5.82 Å². The maximum absolute atomic E-state index is 12.4. The molecule has 0 atom stereocenters. The van der Waals surface area contributed by atoms with Crippen molar-refractivity contribution in [2.75, 3.05) is 18.4 Å². The lowest BCUT2D eigenvalue weighted by atomic mass is 10.1. The van der Waals surface area contributed by atoms with Crippen LogP contribution in [0.3, 0.4) is 0 Å². The van der Waals surface area contributed by atoms with Crippen molar-refractivity contribution in [3.63, 3.8) is 0 Å². The minimum absolute atomic E-state index is 0.0762. The first-order chi connectivity index (χ1) is 13.1. The number of amides is 1. The lowest BCUT2D eigenvalue weighted by Crippen LogP contribution is -2.25. The van der Waals surface area contributed by atoms with E-state index in [1.165, 1.54) is 34.9 Å². The van der Waals surface area contributed by atoms with Gasteiger partial charge in [-0.2, -0.15) is 0 Å². The van der Waals surface area contributed by atoms with Gasteiger partial charge in [0.05, 0.1) is 11.1 Å². The Morgan fingerprint density at radius 1 is 1.26 bits per heavy atom. The fraction of sp³-hybridized carbons (Fsp3) is 0.364. The van der Waals surface area contributed by atoms with E-state index in [0.29, 0.717) is 12.1 Å². The van der Waals surface area contributed by atoms with Gasteiger partial charge in [-0.25, -0.2) is 4.98 Å². The fourth-order valence-electron chi connectivity index (χ4n) is 3.57. The number of nitrogens with zero attached hydrogens (tertiary/aromatic N) is 2. The van der Waals surface area contributed by atoms with Crippen LogP contribution < -0.4 is 10.6 Å². The summed E-state index contributed by atoms with van der Waals surface area (Å²) in [4.78, 5) is 16.7. The van der Waals surface area contributed by atoms with Crippen molar-refractivity contribution < 1.29 is 4.79 Å². The predicted molar refractivity (Wildman–Crippen MR) is 109 cm³/mol. The van der Waals surface area contributed by atoms with Crippen molar-refractivity contribution in [2.45, 2.75) is 26.2 Å². The summed E-state index contributed by atoms with van der Waals surface area (Å²) in [7, 11) is 2.07. The number of carbonyl (C=O) groups is 1. The van der Waals surface area contributed by atoms with Crippen LogP contribution in [-0.2, 0) is 13.5 Å². The molecule has 0 saturated heterocycles. The molecule has 5 nitrogen and oxygen atoms in total. The Balaban J connectivity index is 1.33. The topological polar surface area (TPSA) is 59.0 Å². The van der Waals surface area contributed by atoms with E-state index in [2.05, 4.69) is 58.6 Å². The Bertz CT molecular complexity index is 954. The van der Waals surface area contributed by atoms with Gasteiger partial charge >= 0.3 is 0 Å². The standard InChI is InChI=1S/C22H26N4O/c1-15-4-3-5-19-18(14-26(2)21(15)19)10-11-23-22(27)17-8-9-20(25-13-17)24-12-16-6-7-16/h3-5,8-9,13-14,16H,6-7,10-12H2,1-2H3,(H,23,27)(H,24,25). The van der Waals surface area contributed by atoms with E-state index in [-0.39, 0.29) is 5.91 Å². The molecule has 1 aliphatic rings. The van der Waals surface area contributed by atoms with Crippen molar-refractivity contribution in [1.29, 1.82) is 0 Å². The molecule has 1 fully saturated rings. The summed E-state index contributed by atoms with van der Waals surface area (Å²) < 4.78 is 2.17. The highest BCUT2D eigenvalue weighted by Crippen LogP contribution is 2.28. The van der Waals surface area contributed by atoms with E-state index < -0.39 is 0 Å². The summed E-state index contributed by atoms with van der Waals surface area (Å²) in [6, 6.07) is 10.1. The highest BCUT2D eigenvalue weighted by atomic mass is 16.1. The average Bonchev–Trinajstić information content (AvgIpc) is 3.44. The third kappa shape index (κ3) is 3.97. The van der Waals surface area contributed by atoms with Crippen molar-refractivity contribution in [3.05, 3.63) is 59.4 Å². The van der Waals surface area contributed by atoms with Gasteiger partial charge in [-0.05, 0) is 55.4 Å². The molecular formula is C22H26N4O. The lowest BCUT2D eigenvalue weighted by molar-refractivity contribution is 0.0954. The number of nitrogens with one attached hydrogen (secondary N) is 2. The average molecular weight is 362 g/mol. The molecule has 0 radical (unpaired) electrons. The summed E-state index contributed by atoms with van der Waals surface area (Å²) in [5.74, 6) is 1.56. The molecule has 1 aromatic carbocycles. The Morgan fingerprint density at radius 3 is 2.85 bits per heavy atom. The first-order valence-corrected chi connectivity index (χ1v) is 9.63. The quantitative estimate of drug-likeness (QED) is 0.674. The molecule has 140 valence electrons. The van der Waals surface area contributed by atoms with Gasteiger partial charge in [-0.15, -0.1) is 0 Å². The van der Waals surface area contributed by atoms with Crippen molar-refractivity contribution in [2.24, 2.45) is 13.0 Å². The zero-order valence-corrected chi connectivity index (χ0v) is 16.0. The molecule has 2 heterocycles. The third-order valence-corrected chi connectivity index (χ3v) is 5.26. The Kier molecular flexibility index (Phi) is 4.84. The molecule has 1 saturated carbocycles. The largest absolute Gasteiger partial charge is 0.370 e. The molecular weight excluding hydrogens is 336 g/mol. The van der Waals surface area contributed by atoms with Gasteiger partial charge < -0.3 is 15.2 Å². The summed E-state index contributed by atoms with van der Waals surface area (Å²) in [6.07, 6.45) is 7.23. The molecule has 1 aliphatic carbocycles. The van der Waals surface area contributed by atoms with Crippen molar-refractivity contribution in [1.82, 2.24) is 14.9 Å². The number of benzene rings is 1. The van der Waals surface area contributed by atoms with Crippen molar-refractivity contribution in [3.8, 4) is 0 Å². The van der Waals surface area contributed by atoms with Gasteiger partial charge in [-0.3, -0.25) is 4.79 Å². The highest BCUT2D eigenvalue weighted by Gasteiger charge is 2.20. The van der Waals surface area contributed by atoms with Gasteiger partial charge in [0.15, 0.2) is 0 Å². The summed E-state index contributed by atoms with van der Waals surface area (Å²) >= 11 is 0. The first-order valence-electron chi connectivity index (χ1n) is 9.63. The van der Waals surface area contributed by atoms with E-state index >= 15 is 0 Å². The van der Waals surface area contributed by atoms with Crippen LogP contribution in [0.15, 0.2) is 42.7 Å². The number of hydrogen-bond acceptors (Lipinski definition) is 3. The molecule has 5 heteroatoms. The molecule has 0 bridgehead atoms. The summed E-state index contributed by atoms with van der Waals surface area (Å²) in [5.41, 5.74) is 4.39. The molecule has 4 rings (SSSR count). The smallest absolute Gasteiger partial charge is 0.252 e. The van der Waals surface area contributed by atoms with E-state index in [1.807, 2.05) is 12.1 Å². The Labute approximate surface area is 159 Å². The van der Waals surface area contributed by atoms with E-state index in [1.54, 1.807) is 6.20 Å². The van der Waals surface area contributed by atoms with E-state index in [0.717, 1.165) is 24.7 Å². The summed E-state index contributed by atoms with van der Waals surface area (Å²) in [6.45, 7) is 3.71. The normalized spacial score (nSPS) is 13.7. The van der Waals surface area contributed by atoms with Gasteiger partial charge in [0, 0.05) is 37.9 Å². The minimum Gasteiger partial charge on any atom is -0.370 e. The molecule has 0 spiro atoms. The molecule has 2 aromatic heterocycles.